The molecular formula is C24H25NO6. The van der Waals surface area contributed by atoms with Gasteiger partial charge in [-0.25, -0.2) is 4.79 Å². The van der Waals surface area contributed by atoms with Crippen LogP contribution in [0.3, 0.4) is 0 Å². The van der Waals surface area contributed by atoms with Crippen LogP contribution in [-0.4, -0.2) is 36.0 Å². The number of nitrogens with zero attached hydrogens (tertiary/aromatic N) is 1. The lowest BCUT2D eigenvalue weighted by Gasteiger charge is -2.37. The number of carbonyl (C=O) groups is 3. The standard InChI is InChI=1S/C24H25NO6/c1-3-29-20(26)15-19-21(24(28)30-4-2)22(27)25(16-17-11-7-5-8-12-17)23(31-19)18-13-9-6-10-14-18/h5-14,23H,3-4,15-16H2,1-2H3. The van der Waals surface area contributed by atoms with Crippen molar-refractivity contribution in [2.24, 2.45) is 0 Å². The van der Waals surface area contributed by atoms with Crippen molar-refractivity contribution in [1.29, 1.82) is 0 Å². The van der Waals surface area contributed by atoms with Crippen molar-refractivity contribution in [2.45, 2.75) is 33.0 Å². The summed E-state index contributed by atoms with van der Waals surface area (Å²) in [6, 6.07) is 18.6. The molecule has 0 aliphatic carbocycles. The van der Waals surface area contributed by atoms with Crippen LogP contribution in [0.2, 0.25) is 0 Å². The predicted octanol–water partition coefficient (Wildman–Crippen LogP) is 3.51. The van der Waals surface area contributed by atoms with E-state index in [1.807, 2.05) is 60.7 Å². The zero-order valence-electron chi connectivity index (χ0n) is 17.6. The van der Waals surface area contributed by atoms with Crippen molar-refractivity contribution in [3.63, 3.8) is 0 Å². The van der Waals surface area contributed by atoms with Crippen LogP contribution >= 0.6 is 0 Å². The van der Waals surface area contributed by atoms with Crippen LogP contribution in [0.5, 0.6) is 0 Å². The van der Waals surface area contributed by atoms with Crippen LogP contribution in [0.25, 0.3) is 0 Å². The molecule has 0 N–H and O–H groups in total. The lowest BCUT2D eigenvalue weighted by molar-refractivity contribution is -0.155. The number of rotatable bonds is 8. The lowest BCUT2D eigenvalue weighted by atomic mass is 10.0. The minimum atomic E-state index is -0.823. The summed E-state index contributed by atoms with van der Waals surface area (Å²) in [6.45, 7) is 3.81. The highest BCUT2D eigenvalue weighted by Gasteiger charge is 2.41. The average molecular weight is 423 g/mol. The quantitative estimate of drug-likeness (QED) is 0.477. The first kappa shape index (κ1) is 22.1. The normalized spacial score (nSPS) is 16.0. The Bertz CT molecular complexity index is 955. The molecule has 3 rings (SSSR count). The van der Waals surface area contributed by atoms with Gasteiger partial charge >= 0.3 is 11.9 Å². The molecule has 2 aromatic rings. The topological polar surface area (TPSA) is 82.1 Å². The van der Waals surface area contributed by atoms with Gasteiger partial charge < -0.3 is 14.2 Å². The Morgan fingerprint density at radius 2 is 1.55 bits per heavy atom. The van der Waals surface area contributed by atoms with Gasteiger partial charge in [-0.1, -0.05) is 60.7 Å². The van der Waals surface area contributed by atoms with Gasteiger partial charge in [0.2, 0.25) is 6.23 Å². The minimum absolute atomic E-state index is 0.0416. The maximum Gasteiger partial charge on any atom is 0.347 e. The first-order valence-electron chi connectivity index (χ1n) is 10.2. The summed E-state index contributed by atoms with van der Waals surface area (Å²) >= 11 is 0. The molecule has 1 atom stereocenters. The van der Waals surface area contributed by atoms with E-state index in [1.54, 1.807) is 13.8 Å². The second-order valence-corrected chi connectivity index (χ2v) is 6.80. The fraction of sp³-hybridized carbons (Fsp3) is 0.292. The Hall–Kier alpha value is -3.61. The van der Waals surface area contributed by atoms with Gasteiger partial charge in [-0.2, -0.15) is 0 Å². The molecule has 1 amide bonds. The molecule has 162 valence electrons. The van der Waals surface area contributed by atoms with Crippen molar-refractivity contribution < 1.29 is 28.6 Å². The van der Waals surface area contributed by atoms with Crippen LogP contribution in [0.15, 0.2) is 72.0 Å². The highest BCUT2D eigenvalue weighted by molar-refractivity contribution is 6.17. The molecule has 0 fully saturated rings. The summed E-state index contributed by atoms with van der Waals surface area (Å²) in [4.78, 5) is 39.8. The van der Waals surface area contributed by atoms with Crippen molar-refractivity contribution in [3.05, 3.63) is 83.1 Å². The monoisotopic (exact) mass is 423 g/mol. The van der Waals surface area contributed by atoms with E-state index in [9.17, 15) is 14.4 Å². The summed E-state index contributed by atoms with van der Waals surface area (Å²) in [5, 5.41) is 0. The maximum atomic E-state index is 13.5. The number of hydrogen-bond acceptors (Lipinski definition) is 6. The van der Waals surface area contributed by atoms with Gasteiger partial charge in [0.25, 0.3) is 5.91 Å². The van der Waals surface area contributed by atoms with E-state index in [0.717, 1.165) is 11.1 Å². The lowest BCUT2D eigenvalue weighted by Crippen LogP contribution is -2.43. The Labute approximate surface area is 181 Å². The van der Waals surface area contributed by atoms with Gasteiger partial charge in [-0.3, -0.25) is 14.5 Å². The molecule has 0 radical (unpaired) electrons. The Balaban J connectivity index is 2.05. The summed E-state index contributed by atoms with van der Waals surface area (Å²) in [7, 11) is 0. The molecule has 0 bridgehead atoms. The third-order valence-corrected chi connectivity index (χ3v) is 4.66. The molecular weight excluding hydrogens is 398 g/mol. The fourth-order valence-electron chi connectivity index (χ4n) is 3.30. The molecule has 1 aliphatic heterocycles. The second-order valence-electron chi connectivity index (χ2n) is 6.80. The first-order valence-corrected chi connectivity index (χ1v) is 10.2. The van der Waals surface area contributed by atoms with Gasteiger partial charge in [0.15, 0.2) is 5.57 Å². The first-order chi connectivity index (χ1) is 15.0. The van der Waals surface area contributed by atoms with Gasteiger partial charge in [0, 0.05) is 12.1 Å². The Morgan fingerprint density at radius 1 is 0.935 bits per heavy atom. The molecule has 1 heterocycles. The van der Waals surface area contributed by atoms with E-state index in [0.29, 0.717) is 0 Å². The van der Waals surface area contributed by atoms with Crippen LogP contribution < -0.4 is 0 Å². The number of hydrogen-bond donors (Lipinski definition) is 0. The highest BCUT2D eigenvalue weighted by atomic mass is 16.5. The van der Waals surface area contributed by atoms with Crippen LogP contribution in [-0.2, 0) is 35.1 Å². The van der Waals surface area contributed by atoms with E-state index in [2.05, 4.69) is 0 Å². The largest absolute Gasteiger partial charge is 0.469 e. The molecule has 2 aromatic carbocycles. The Kier molecular flexibility index (Phi) is 7.43. The van der Waals surface area contributed by atoms with Crippen LogP contribution in [0.4, 0.5) is 0 Å². The van der Waals surface area contributed by atoms with Gasteiger partial charge in [0.1, 0.15) is 12.2 Å². The third-order valence-electron chi connectivity index (χ3n) is 4.66. The van der Waals surface area contributed by atoms with Crippen LogP contribution in [0, 0.1) is 0 Å². The van der Waals surface area contributed by atoms with Gasteiger partial charge in [0.05, 0.1) is 13.2 Å². The molecule has 1 aliphatic rings. The highest BCUT2D eigenvalue weighted by Crippen LogP contribution is 2.35. The van der Waals surface area contributed by atoms with Gasteiger partial charge in [-0.05, 0) is 19.4 Å². The molecule has 7 nitrogen and oxygen atoms in total. The molecule has 0 spiro atoms. The van der Waals surface area contributed by atoms with E-state index in [4.69, 9.17) is 14.2 Å². The second kappa shape index (κ2) is 10.4. The van der Waals surface area contributed by atoms with E-state index in [1.165, 1.54) is 4.90 Å². The minimum Gasteiger partial charge on any atom is -0.469 e. The number of ether oxygens (including phenoxy) is 3. The smallest absolute Gasteiger partial charge is 0.347 e. The van der Waals surface area contributed by atoms with Crippen molar-refractivity contribution >= 4 is 17.8 Å². The summed E-state index contributed by atoms with van der Waals surface area (Å²) in [5.74, 6) is -2.01. The molecule has 31 heavy (non-hydrogen) atoms. The molecule has 0 aromatic heterocycles. The molecule has 7 heteroatoms. The third kappa shape index (κ3) is 5.31. The molecule has 1 unspecified atom stereocenters. The average Bonchev–Trinajstić information content (AvgIpc) is 2.77. The summed E-state index contributed by atoms with van der Waals surface area (Å²) in [5.41, 5.74) is 1.31. The Morgan fingerprint density at radius 3 is 2.16 bits per heavy atom. The van der Waals surface area contributed by atoms with Crippen molar-refractivity contribution in [3.8, 4) is 0 Å². The number of esters is 2. The van der Waals surface area contributed by atoms with E-state index < -0.39 is 24.1 Å². The number of benzene rings is 2. The molecule has 0 saturated carbocycles. The zero-order chi connectivity index (χ0) is 22.2. The number of carbonyl (C=O) groups excluding carboxylic acids is 3. The maximum absolute atomic E-state index is 13.5. The number of amides is 1. The molecule has 0 saturated heterocycles. The van der Waals surface area contributed by atoms with Crippen LogP contribution in [0.1, 0.15) is 37.6 Å². The summed E-state index contributed by atoms with van der Waals surface area (Å²) in [6.07, 6.45) is -1.15. The van der Waals surface area contributed by atoms with Gasteiger partial charge in [-0.15, -0.1) is 0 Å². The van der Waals surface area contributed by atoms with Crippen molar-refractivity contribution in [1.82, 2.24) is 4.90 Å². The fourth-order valence-corrected chi connectivity index (χ4v) is 3.30. The summed E-state index contributed by atoms with van der Waals surface area (Å²) < 4.78 is 16.2. The van der Waals surface area contributed by atoms with E-state index in [-0.39, 0.29) is 37.5 Å². The SMILES string of the molecule is CCOC(=O)CC1=C(C(=O)OCC)C(=O)N(Cc2ccccc2)C(c2ccccc2)O1. The predicted molar refractivity (Wildman–Crippen MR) is 112 cm³/mol. The van der Waals surface area contributed by atoms with E-state index >= 15 is 0 Å². The zero-order valence-corrected chi connectivity index (χ0v) is 17.6. The van der Waals surface area contributed by atoms with Crippen molar-refractivity contribution in [2.75, 3.05) is 13.2 Å².